The molecule has 1 aromatic carbocycles. The van der Waals surface area contributed by atoms with Gasteiger partial charge in [0.05, 0.1) is 26.4 Å². The molecule has 0 bridgehead atoms. The second-order valence-corrected chi connectivity index (χ2v) is 5.46. The predicted octanol–water partition coefficient (Wildman–Crippen LogP) is 1.69. The number of hydrogen-bond acceptors (Lipinski definition) is 5. The van der Waals surface area contributed by atoms with E-state index in [0.717, 1.165) is 42.9 Å². The summed E-state index contributed by atoms with van der Waals surface area (Å²) in [6, 6.07) is 6.00. The van der Waals surface area contributed by atoms with Crippen LogP contribution in [0.5, 0.6) is 5.75 Å². The van der Waals surface area contributed by atoms with Crippen molar-refractivity contribution in [3.63, 3.8) is 0 Å². The molecule has 2 rings (SSSR count). The lowest BCUT2D eigenvalue weighted by Gasteiger charge is -2.35. The number of benzene rings is 1. The van der Waals surface area contributed by atoms with E-state index in [2.05, 4.69) is 11.0 Å². The summed E-state index contributed by atoms with van der Waals surface area (Å²) in [5.74, 6) is 0.848. The van der Waals surface area contributed by atoms with Gasteiger partial charge >= 0.3 is 0 Å². The van der Waals surface area contributed by atoms with Crippen LogP contribution in [-0.2, 0) is 4.74 Å². The van der Waals surface area contributed by atoms with E-state index in [0.29, 0.717) is 6.61 Å². The second-order valence-electron chi connectivity index (χ2n) is 5.46. The highest BCUT2D eigenvalue weighted by atomic mass is 16.5. The van der Waals surface area contributed by atoms with Crippen LogP contribution >= 0.6 is 0 Å². The molecule has 118 valence electrons. The first-order valence-corrected chi connectivity index (χ1v) is 7.57. The van der Waals surface area contributed by atoms with E-state index >= 15 is 0 Å². The first-order chi connectivity index (χ1) is 10.2. The lowest BCUT2D eigenvalue weighted by atomic mass is 10.0. The monoisotopic (exact) mass is 294 g/mol. The molecule has 0 aromatic heterocycles. The maximum absolute atomic E-state index is 8.82. The standard InChI is InChI=1S/C16H26N2O3/c1-12(17)16-14(4-3-5-15(16)20-2)18-8-6-13(7-9-18)21-11-10-19/h3-5,12-13,19H,6-11,17H2,1-2H3. The fourth-order valence-corrected chi connectivity index (χ4v) is 2.93. The number of piperidine rings is 1. The van der Waals surface area contributed by atoms with Gasteiger partial charge in [0, 0.05) is 30.4 Å². The van der Waals surface area contributed by atoms with E-state index in [1.165, 1.54) is 0 Å². The Kier molecular flexibility index (Phi) is 5.85. The fourth-order valence-electron chi connectivity index (χ4n) is 2.93. The first-order valence-electron chi connectivity index (χ1n) is 7.57. The summed E-state index contributed by atoms with van der Waals surface area (Å²) in [6.45, 7) is 4.37. The third kappa shape index (κ3) is 3.87. The number of hydrogen-bond donors (Lipinski definition) is 2. The minimum Gasteiger partial charge on any atom is -0.496 e. The Morgan fingerprint density at radius 1 is 1.38 bits per heavy atom. The third-order valence-electron chi connectivity index (χ3n) is 3.95. The largest absolute Gasteiger partial charge is 0.496 e. The number of aliphatic hydroxyl groups is 1. The Morgan fingerprint density at radius 2 is 2.10 bits per heavy atom. The Labute approximate surface area is 126 Å². The molecule has 1 unspecified atom stereocenters. The molecule has 1 aliphatic rings. The van der Waals surface area contributed by atoms with Crippen LogP contribution in [0, 0.1) is 0 Å². The van der Waals surface area contributed by atoms with Gasteiger partial charge in [0.2, 0.25) is 0 Å². The second kappa shape index (κ2) is 7.64. The maximum Gasteiger partial charge on any atom is 0.125 e. The number of rotatable bonds is 6. The zero-order valence-electron chi connectivity index (χ0n) is 12.9. The molecule has 1 fully saturated rings. The van der Waals surface area contributed by atoms with Gasteiger partial charge in [-0.15, -0.1) is 0 Å². The molecular weight excluding hydrogens is 268 g/mol. The van der Waals surface area contributed by atoms with Crippen LogP contribution in [0.2, 0.25) is 0 Å². The van der Waals surface area contributed by atoms with Crippen LogP contribution in [-0.4, -0.2) is 44.6 Å². The lowest BCUT2D eigenvalue weighted by molar-refractivity contribution is 0.0159. The van der Waals surface area contributed by atoms with E-state index in [-0.39, 0.29) is 18.8 Å². The summed E-state index contributed by atoms with van der Waals surface area (Å²) < 4.78 is 11.1. The molecule has 1 heterocycles. The number of aliphatic hydroxyl groups excluding tert-OH is 1. The summed E-state index contributed by atoms with van der Waals surface area (Å²) in [5, 5.41) is 8.82. The van der Waals surface area contributed by atoms with Crippen molar-refractivity contribution >= 4 is 5.69 Å². The number of anilines is 1. The van der Waals surface area contributed by atoms with Crippen molar-refractivity contribution in [1.29, 1.82) is 0 Å². The highest BCUT2D eigenvalue weighted by Crippen LogP contribution is 2.35. The van der Waals surface area contributed by atoms with Crippen molar-refractivity contribution in [2.45, 2.75) is 31.9 Å². The molecule has 0 spiro atoms. The lowest BCUT2D eigenvalue weighted by Crippen LogP contribution is -2.38. The molecule has 0 amide bonds. The van der Waals surface area contributed by atoms with Gasteiger partial charge in [0.1, 0.15) is 5.75 Å². The van der Waals surface area contributed by atoms with Gasteiger partial charge in [-0.25, -0.2) is 0 Å². The van der Waals surface area contributed by atoms with Crippen molar-refractivity contribution in [2.75, 3.05) is 38.3 Å². The van der Waals surface area contributed by atoms with E-state index < -0.39 is 0 Å². The van der Waals surface area contributed by atoms with Crippen LogP contribution in [0.25, 0.3) is 0 Å². The van der Waals surface area contributed by atoms with Gasteiger partial charge < -0.3 is 25.2 Å². The molecule has 21 heavy (non-hydrogen) atoms. The van der Waals surface area contributed by atoms with Gasteiger partial charge in [-0.2, -0.15) is 0 Å². The van der Waals surface area contributed by atoms with E-state index in [4.69, 9.17) is 20.3 Å². The Balaban J connectivity index is 2.09. The van der Waals surface area contributed by atoms with Gasteiger partial charge in [-0.1, -0.05) is 6.07 Å². The average Bonchev–Trinajstić information content (AvgIpc) is 2.52. The Bertz CT molecular complexity index is 443. The zero-order chi connectivity index (χ0) is 15.2. The summed E-state index contributed by atoms with van der Waals surface area (Å²) in [6.07, 6.45) is 2.18. The van der Waals surface area contributed by atoms with Crippen LogP contribution in [0.4, 0.5) is 5.69 Å². The number of methoxy groups -OCH3 is 1. The Hall–Kier alpha value is -1.30. The van der Waals surface area contributed by atoms with Gasteiger partial charge in [-0.05, 0) is 31.9 Å². The molecule has 5 nitrogen and oxygen atoms in total. The number of nitrogens with zero attached hydrogens (tertiary/aromatic N) is 1. The molecule has 1 aliphatic heterocycles. The quantitative estimate of drug-likeness (QED) is 0.836. The number of ether oxygens (including phenoxy) is 2. The Morgan fingerprint density at radius 3 is 2.67 bits per heavy atom. The first kappa shape index (κ1) is 16.1. The minimum absolute atomic E-state index is 0.0699. The van der Waals surface area contributed by atoms with Crippen LogP contribution in [0.3, 0.4) is 0 Å². The highest BCUT2D eigenvalue weighted by molar-refractivity contribution is 5.61. The maximum atomic E-state index is 8.82. The van der Waals surface area contributed by atoms with Crippen molar-refractivity contribution in [3.05, 3.63) is 23.8 Å². The summed E-state index contributed by atoms with van der Waals surface area (Å²) in [4.78, 5) is 2.35. The minimum atomic E-state index is -0.0699. The summed E-state index contributed by atoms with van der Waals surface area (Å²) >= 11 is 0. The third-order valence-corrected chi connectivity index (χ3v) is 3.95. The normalized spacial score (nSPS) is 17.8. The molecule has 0 aliphatic carbocycles. The zero-order valence-corrected chi connectivity index (χ0v) is 12.9. The van der Waals surface area contributed by atoms with Gasteiger partial charge in [0.25, 0.3) is 0 Å². The predicted molar refractivity (Wildman–Crippen MR) is 83.9 cm³/mol. The van der Waals surface area contributed by atoms with Crippen LogP contribution in [0.1, 0.15) is 31.4 Å². The molecule has 0 saturated carbocycles. The van der Waals surface area contributed by atoms with Crippen molar-refractivity contribution in [3.8, 4) is 5.75 Å². The molecular formula is C16H26N2O3. The SMILES string of the molecule is COc1cccc(N2CCC(OCCO)CC2)c1C(C)N. The van der Waals surface area contributed by atoms with Crippen LogP contribution in [0.15, 0.2) is 18.2 Å². The van der Waals surface area contributed by atoms with E-state index in [9.17, 15) is 0 Å². The van der Waals surface area contributed by atoms with Crippen molar-refractivity contribution < 1.29 is 14.6 Å². The fraction of sp³-hybridized carbons (Fsp3) is 0.625. The average molecular weight is 294 g/mol. The molecule has 3 N–H and O–H groups in total. The molecule has 1 saturated heterocycles. The summed E-state index contributed by atoms with van der Waals surface area (Å²) in [5.41, 5.74) is 8.35. The molecule has 0 radical (unpaired) electrons. The van der Waals surface area contributed by atoms with E-state index in [1.807, 2.05) is 19.1 Å². The summed E-state index contributed by atoms with van der Waals surface area (Å²) in [7, 11) is 1.68. The van der Waals surface area contributed by atoms with Crippen molar-refractivity contribution in [1.82, 2.24) is 0 Å². The molecule has 1 aromatic rings. The topological polar surface area (TPSA) is 68.0 Å². The molecule has 5 heteroatoms. The van der Waals surface area contributed by atoms with E-state index in [1.54, 1.807) is 7.11 Å². The van der Waals surface area contributed by atoms with Crippen LogP contribution < -0.4 is 15.4 Å². The highest BCUT2D eigenvalue weighted by Gasteiger charge is 2.23. The van der Waals surface area contributed by atoms with Crippen molar-refractivity contribution in [2.24, 2.45) is 5.73 Å². The van der Waals surface area contributed by atoms with Gasteiger partial charge in [-0.3, -0.25) is 0 Å². The molecule has 1 atom stereocenters. The number of nitrogens with two attached hydrogens (primary N) is 1. The smallest absolute Gasteiger partial charge is 0.125 e. The van der Waals surface area contributed by atoms with Gasteiger partial charge in [0.15, 0.2) is 0 Å².